The molecule has 5 rings (SSSR count). The average Bonchev–Trinajstić information content (AvgIpc) is 3.42. The minimum atomic E-state index is -0.906. The molecule has 0 aliphatic carbocycles. The van der Waals surface area contributed by atoms with Crippen LogP contribution < -0.4 is 10.1 Å². The third kappa shape index (κ3) is 5.29. The summed E-state index contributed by atoms with van der Waals surface area (Å²) >= 11 is 2.43. The lowest BCUT2D eigenvalue weighted by atomic mass is 9.90. The first-order chi connectivity index (χ1) is 17.4. The summed E-state index contributed by atoms with van der Waals surface area (Å²) in [4.78, 5) is 39.2. The van der Waals surface area contributed by atoms with Gasteiger partial charge in [0.2, 0.25) is 11.0 Å². The van der Waals surface area contributed by atoms with Crippen LogP contribution in [-0.4, -0.2) is 59.0 Å². The van der Waals surface area contributed by atoms with Crippen molar-refractivity contribution in [2.75, 3.05) is 11.1 Å². The molecule has 12 heteroatoms. The summed E-state index contributed by atoms with van der Waals surface area (Å²) < 4.78 is 10.7. The van der Waals surface area contributed by atoms with Gasteiger partial charge in [0.15, 0.2) is 11.6 Å². The quantitative estimate of drug-likeness (QED) is 0.401. The van der Waals surface area contributed by atoms with Gasteiger partial charge in [-0.1, -0.05) is 0 Å². The number of aryl methyl sites for hydroxylation is 1. The molecule has 5 heterocycles. The predicted molar refractivity (Wildman–Crippen MR) is 136 cm³/mol. The van der Waals surface area contributed by atoms with E-state index in [9.17, 15) is 9.59 Å². The number of thioether (sulfide) groups is 1. The third-order valence-electron chi connectivity index (χ3n) is 6.50. The van der Waals surface area contributed by atoms with Gasteiger partial charge in [0.1, 0.15) is 11.6 Å². The van der Waals surface area contributed by atoms with Crippen LogP contribution in [0.1, 0.15) is 50.0 Å². The fourth-order valence-electron chi connectivity index (χ4n) is 4.97. The normalized spacial score (nSPS) is 20.8. The number of aliphatic carboxylic acids is 1. The third-order valence-corrected chi connectivity index (χ3v) is 8.09. The van der Waals surface area contributed by atoms with Gasteiger partial charge in [-0.15, -0.1) is 11.8 Å². The second kappa shape index (κ2) is 10.4. The zero-order valence-corrected chi connectivity index (χ0v) is 21.5. The van der Waals surface area contributed by atoms with Gasteiger partial charge < -0.3 is 20.1 Å². The van der Waals surface area contributed by atoms with Gasteiger partial charge in [0.05, 0.1) is 11.4 Å². The number of carboxylic acid groups (broad SMARTS) is 1. The molecule has 2 saturated heterocycles. The van der Waals surface area contributed by atoms with Crippen LogP contribution in [0.2, 0.25) is 0 Å². The summed E-state index contributed by atoms with van der Waals surface area (Å²) in [6.45, 7) is 3.50. The summed E-state index contributed by atoms with van der Waals surface area (Å²) in [7, 11) is 0. The van der Waals surface area contributed by atoms with Gasteiger partial charge in [0.25, 0.3) is 0 Å². The molecule has 2 bridgehead atoms. The number of carboxylic acids is 1. The number of ether oxygens (including phenoxy) is 1. The second-order valence-electron chi connectivity index (χ2n) is 8.95. The molecule has 2 fully saturated rings. The molecule has 2 aliphatic heterocycles. The van der Waals surface area contributed by atoms with Crippen molar-refractivity contribution in [3.8, 4) is 11.5 Å². The highest BCUT2D eigenvalue weighted by Gasteiger charge is 2.43. The van der Waals surface area contributed by atoms with E-state index in [1.165, 1.54) is 11.5 Å². The number of fused-ring (bicyclic) bond motifs is 2. The smallest absolute Gasteiger partial charge is 0.313 e. The molecule has 3 aromatic rings. The summed E-state index contributed by atoms with van der Waals surface area (Å²) in [5.74, 6) is 1.65. The molecule has 2 aliphatic rings. The SMILES string of the molecule is CC(=O)N1C2CCC1CC(c1nsc(Nc3ncc(SCC(=O)O)cc3Oc3cccnc3C)n1)C2. The van der Waals surface area contributed by atoms with Crippen LogP contribution >= 0.6 is 23.3 Å². The molecule has 36 heavy (non-hydrogen) atoms. The number of nitrogens with zero attached hydrogens (tertiary/aromatic N) is 5. The molecule has 3 aromatic heterocycles. The Hall–Kier alpha value is -3.25. The fraction of sp³-hybridized carbons (Fsp3) is 0.417. The molecule has 2 N–H and O–H groups in total. The highest BCUT2D eigenvalue weighted by atomic mass is 32.2. The Bertz CT molecular complexity index is 1270. The Balaban J connectivity index is 1.35. The number of pyridine rings is 2. The van der Waals surface area contributed by atoms with E-state index in [0.29, 0.717) is 27.3 Å². The lowest BCUT2D eigenvalue weighted by Crippen LogP contribution is -2.45. The van der Waals surface area contributed by atoms with E-state index in [2.05, 4.69) is 19.7 Å². The molecule has 0 spiro atoms. The standard InChI is InChI=1S/C24H26N6O4S2/c1-13-19(4-3-7-25-13)34-20-10-18(35-12-21(32)33)11-26-23(20)28-24-27-22(29-36-24)15-8-16-5-6-17(9-15)30(16)14(2)31/h3-4,7,10-11,15-17H,5-6,8-9,12H2,1-2H3,(H,32,33)(H,26,27,28,29). The first-order valence-electron chi connectivity index (χ1n) is 11.7. The number of amides is 1. The Morgan fingerprint density at radius 1 is 1.25 bits per heavy atom. The molecule has 2 atom stereocenters. The van der Waals surface area contributed by atoms with Gasteiger partial charge >= 0.3 is 5.97 Å². The maximum atomic E-state index is 12.0. The van der Waals surface area contributed by atoms with Crippen molar-refractivity contribution in [1.29, 1.82) is 0 Å². The number of anilines is 2. The van der Waals surface area contributed by atoms with Crippen LogP contribution in [0.3, 0.4) is 0 Å². The summed E-state index contributed by atoms with van der Waals surface area (Å²) in [6.07, 6.45) is 7.15. The number of aromatic nitrogens is 4. The second-order valence-corrected chi connectivity index (χ2v) is 10.8. The van der Waals surface area contributed by atoms with E-state index in [4.69, 9.17) is 14.8 Å². The van der Waals surface area contributed by atoms with Crippen LogP contribution in [0, 0.1) is 6.92 Å². The van der Waals surface area contributed by atoms with E-state index in [1.807, 2.05) is 17.9 Å². The van der Waals surface area contributed by atoms with E-state index in [0.717, 1.165) is 49.0 Å². The maximum Gasteiger partial charge on any atom is 0.313 e. The number of carbonyl (C=O) groups excluding carboxylic acids is 1. The molecule has 1 amide bonds. The Kier molecular flexibility index (Phi) is 7.06. The van der Waals surface area contributed by atoms with E-state index in [1.54, 1.807) is 31.5 Å². The fourth-order valence-corrected chi connectivity index (χ4v) is 6.23. The van der Waals surface area contributed by atoms with Crippen LogP contribution in [0.25, 0.3) is 0 Å². The van der Waals surface area contributed by atoms with Gasteiger partial charge in [-0.3, -0.25) is 14.6 Å². The van der Waals surface area contributed by atoms with Crippen molar-refractivity contribution < 1.29 is 19.4 Å². The maximum absolute atomic E-state index is 12.0. The first-order valence-corrected chi connectivity index (χ1v) is 13.5. The van der Waals surface area contributed by atoms with Gasteiger partial charge in [-0.05, 0) is 50.8 Å². The summed E-state index contributed by atoms with van der Waals surface area (Å²) in [5.41, 5.74) is 0.719. The number of piperidine rings is 1. The number of carbonyl (C=O) groups is 2. The molecular weight excluding hydrogens is 500 g/mol. The molecule has 0 aromatic carbocycles. The largest absolute Gasteiger partial charge is 0.481 e. The monoisotopic (exact) mass is 526 g/mol. The van der Waals surface area contributed by atoms with Crippen LogP contribution in [0.5, 0.6) is 11.5 Å². The number of nitrogens with one attached hydrogen (secondary N) is 1. The molecule has 2 unspecified atom stereocenters. The van der Waals surface area contributed by atoms with Crippen LogP contribution in [-0.2, 0) is 9.59 Å². The Morgan fingerprint density at radius 3 is 2.72 bits per heavy atom. The Labute approximate surface area is 216 Å². The van der Waals surface area contributed by atoms with Gasteiger partial charge in [-0.2, -0.15) is 4.37 Å². The van der Waals surface area contributed by atoms with E-state index < -0.39 is 5.97 Å². The predicted octanol–water partition coefficient (Wildman–Crippen LogP) is 4.61. The molecule has 10 nitrogen and oxygen atoms in total. The van der Waals surface area contributed by atoms with Crippen LogP contribution in [0.15, 0.2) is 35.5 Å². The number of hydrogen-bond donors (Lipinski definition) is 2. The summed E-state index contributed by atoms with van der Waals surface area (Å²) in [5, 5.41) is 12.8. The number of hydrogen-bond acceptors (Lipinski definition) is 10. The molecule has 188 valence electrons. The van der Waals surface area contributed by atoms with E-state index >= 15 is 0 Å². The van der Waals surface area contributed by atoms with Crippen molar-refractivity contribution in [3.05, 3.63) is 42.1 Å². The first kappa shape index (κ1) is 24.4. The number of rotatable bonds is 8. The van der Waals surface area contributed by atoms with Gasteiger partial charge in [-0.25, -0.2) is 9.97 Å². The summed E-state index contributed by atoms with van der Waals surface area (Å²) in [6, 6.07) is 5.89. The lowest BCUT2D eigenvalue weighted by molar-refractivity contribution is -0.134. The van der Waals surface area contributed by atoms with E-state index in [-0.39, 0.29) is 29.7 Å². The van der Waals surface area contributed by atoms with Crippen molar-refractivity contribution in [2.24, 2.45) is 0 Å². The minimum Gasteiger partial charge on any atom is -0.481 e. The highest BCUT2D eigenvalue weighted by molar-refractivity contribution is 8.00. The lowest BCUT2D eigenvalue weighted by Gasteiger charge is -2.37. The zero-order valence-electron chi connectivity index (χ0n) is 19.9. The van der Waals surface area contributed by atoms with Crippen molar-refractivity contribution >= 4 is 46.1 Å². The van der Waals surface area contributed by atoms with Crippen molar-refractivity contribution in [2.45, 2.75) is 62.4 Å². The average molecular weight is 527 g/mol. The molecule has 0 saturated carbocycles. The molecule has 0 radical (unpaired) electrons. The van der Waals surface area contributed by atoms with Gasteiger partial charge in [0, 0.05) is 53.7 Å². The minimum absolute atomic E-state index is 0.0794. The van der Waals surface area contributed by atoms with Crippen molar-refractivity contribution in [1.82, 2.24) is 24.2 Å². The zero-order chi connectivity index (χ0) is 25.2. The van der Waals surface area contributed by atoms with Crippen LogP contribution in [0.4, 0.5) is 10.9 Å². The highest BCUT2D eigenvalue weighted by Crippen LogP contribution is 2.43. The topological polar surface area (TPSA) is 130 Å². The van der Waals surface area contributed by atoms with Crippen molar-refractivity contribution in [3.63, 3.8) is 0 Å². The molecular formula is C24H26N6O4S2. The Morgan fingerprint density at radius 2 is 2.03 bits per heavy atom.